The summed E-state index contributed by atoms with van der Waals surface area (Å²) < 4.78 is 0. The quantitative estimate of drug-likeness (QED) is 0.467. The Morgan fingerprint density at radius 1 is 1.25 bits per heavy atom. The van der Waals surface area contributed by atoms with Crippen LogP contribution in [0.4, 0.5) is 0 Å². The fourth-order valence-electron chi connectivity index (χ4n) is 2.51. The highest BCUT2D eigenvalue weighted by Crippen LogP contribution is 2.35. The lowest BCUT2D eigenvalue weighted by Crippen LogP contribution is -2.50. The number of carbonyl (C=O) groups excluding carboxylic acids is 1. The number of aliphatic hydroxyl groups is 1. The van der Waals surface area contributed by atoms with E-state index in [1.807, 2.05) is 0 Å². The second-order valence-electron chi connectivity index (χ2n) is 5.57. The molecule has 1 aliphatic carbocycles. The van der Waals surface area contributed by atoms with E-state index in [-0.39, 0.29) is 11.3 Å². The van der Waals surface area contributed by atoms with Crippen LogP contribution < -0.4 is 0 Å². The van der Waals surface area contributed by atoms with Gasteiger partial charge in [0.15, 0.2) is 11.4 Å². The van der Waals surface area contributed by atoms with E-state index in [1.54, 1.807) is 18.2 Å². The first kappa shape index (κ1) is 17.4. The van der Waals surface area contributed by atoms with Crippen molar-refractivity contribution < 1.29 is 24.7 Å². The molecule has 0 radical (unpaired) electrons. The molecule has 24 heavy (non-hydrogen) atoms. The first-order chi connectivity index (χ1) is 11.2. The van der Waals surface area contributed by atoms with E-state index in [1.165, 1.54) is 31.1 Å². The van der Waals surface area contributed by atoms with Gasteiger partial charge in [-0.25, -0.2) is 4.79 Å². The molecule has 0 saturated carbocycles. The topological polar surface area (TPSA) is 121 Å². The van der Waals surface area contributed by atoms with Gasteiger partial charge in [-0.2, -0.15) is 0 Å². The van der Waals surface area contributed by atoms with Crippen LogP contribution in [0.1, 0.15) is 10.4 Å². The van der Waals surface area contributed by atoms with E-state index in [0.717, 1.165) is 12.2 Å². The zero-order valence-corrected chi connectivity index (χ0v) is 13.0. The fourth-order valence-corrected chi connectivity index (χ4v) is 2.51. The molecule has 8 heteroatoms. The van der Waals surface area contributed by atoms with Gasteiger partial charge in [-0.3, -0.25) is 14.9 Å². The summed E-state index contributed by atoms with van der Waals surface area (Å²) in [6.07, 6.45) is 1.75. The van der Waals surface area contributed by atoms with Crippen LogP contribution in [0, 0.1) is 16.0 Å². The highest BCUT2D eigenvalue weighted by atomic mass is 16.6. The minimum atomic E-state index is -2.58. The number of carbonyl (C=O) groups is 2. The zero-order valence-electron chi connectivity index (χ0n) is 13.0. The highest BCUT2D eigenvalue weighted by molar-refractivity contribution is 6.03. The third kappa shape index (κ3) is 2.91. The van der Waals surface area contributed by atoms with Gasteiger partial charge in [-0.05, 0) is 6.08 Å². The zero-order chi connectivity index (χ0) is 18.1. The van der Waals surface area contributed by atoms with E-state index in [2.05, 4.69) is 0 Å². The molecule has 0 bridgehead atoms. The molecule has 0 spiro atoms. The second kappa shape index (κ2) is 6.25. The molecule has 0 heterocycles. The van der Waals surface area contributed by atoms with Crippen LogP contribution in [0.15, 0.2) is 53.9 Å². The summed E-state index contributed by atoms with van der Waals surface area (Å²) in [5, 5.41) is 31.3. The predicted octanol–water partition coefficient (Wildman–Crippen LogP) is 0.921. The first-order valence-corrected chi connectivity index (χ1v) is 7.00. The van der Waals surface area contributed by atoms with Crippen LogP contribution in [0.25, 0.3) is 0 Å². The molecule has 0 saturated heterocycles. The van der Waals surface area contributed by atoms with Gasteiger partial charge < -0.3 is 15.1 Å². The molecule has 1 aromatic carbocycles. The molecule has 2 unspecified atom stereocenters. The maximum atomic E-state index is 12.6. The molecule has 1 aromatic rings. The molecule has 2 atom stereocenters. The van der Waals surface area contributed by atoms with E-state index < -0.39 is 33.9 Å². The number of hydrogen-bond donors (Lipinski definition) is 2. The molecule has 0 amide bonds. The molecule has 126 valence electrons. The Labute approximate surface area is 137 Å². The molecular formula is C16H16N2O6. The van der Waals surface area contributed by atoms with Crippen LogP contribution in [0.2, 0.25) is 0 Å². The number of rotatable bonds is 5. The number of carboxylic acid groups (broad SMARTS) is 1. The lowest BCUT2D eigenvalue weighted by Gasteiger charge is -2.32. The van der Waals surface area contributed by atoms with Crippen molar-refractivity contribution in [2.75, 3.05) is 14.1 Å². The average molecular weight is 332 g/mol. The first-order valence-electron chi connectivity index (χ1n) is 7.00. The summed E-state index contributed by atoms with van der Waals surface area (Å²) >= 11 is 0. The minimum Gasteiger partial charge on any atom is -0.479 e. The van der Waals surface area contributed by atoms with Gasteiger partial charge >= 0.3 is 5.97 Å². The van der Waals surface area contributed by atoms with Crippen molar-refractivity contribution in [2.24, 2.45) is 5.92 Å². The van der Waals surface area contributed by atoms with E-state index in [4.69, 9.17) is 0 Å². The van der Waals surface area contributed by atoms with Gasteiger partial charge in [0.05, 0.1) is 10.8 Å². The Balaban J connectivity index is 2.62. The smallest absolute Gasteiger partial charge is 0.340 e. The van der Waals surface area contributed by atoms with Gasteiger partial charge in [0, 0.05) is 25.7 Å². The predicted molar refractivity (Wildman–Crippen MR) is 83.7 cm³/mol. The van der Waals surface area contributed by atoms with Crippen molar-refractivity contribution in [2.45, 2.75) is 5.60 Å². The molecular weight excluding hydrogens is 316 g/mol. The summed E-state index contributed by atoms with van der Waals surface area (Å²) in [7, 11) is 2.95. The van der Waals surface area contributed by atoms with Crippen LogP contribution in [0.3, 0.4) is 0 Å². The number of carboxylic acids is 1. The Kier molecular flexibility index (Phi) is 4.52. The van der Waals surface area contributed by atoms with Crippen molar-refractivity contribution in [3.05, 3.63) is 69.6 Å². The summed E-state index contributed by atoms with van der Waals surface area (Å²) in [5.41, 5.74) is -2.93. The Hall–Kier alpha value is -3.00. The van der Waals surface area contributed by atoms with Crippen molar-refractivity contribution in [1.82, 2.24) is 4.90 Å². The number of benzene rings is 1. The third-order valence-corrected chi connectivity index (χ3v) is 3.78. The van der Waals surface area contributed by atoms with E-state index in [0.29, 0.717) is 0 Å². The number of aliphatic carboxylic acids is 1. The Morgan fingerprint density at radius 2 is 1.83 bits per heavy atom. The number of nitro groups is 1. The van der Waals surface area contributed by atoms with Crippen LogP contribution in [-0.2, 0) is 4.79 Å². The van der Waals surface area contributed by atoms with Gasteiger partial charge in [0.2, 0.25) is 0 Å². The highest BCUT2D eigenvalue weighted by Gasteiger charge is 2.51. The molecule has 0 aromatic heterocycles. The van der Waals surface area contributed by atoms with Gasteiger partial charge in [-0.15, -0.1) is 0 Å². The summed E-state index contributed by atoms with van der Waals surface area (Å²) in [6.45, 7) is 0. The number of Topliss-reactive ketones (excluding diaryl/α,β-unsaturated/α-hetero) is 1. The molecule has 8 nitrogen and oxygen atoms in total. The number of ketones is 1. The standard InChI is InChI=1S/C16H16N2O6/c1-17(2)13-9-16(22,15(20)21)11(8-12(13)18(23)24)14(19)10-6-4-3-5-7-10/h3-9,11,22H,1-2H3,(H,20,21). The molecule has 0 fully saturated rings. The minimum absolute atomic E-state index is 0.0815. The fraction of sp³-hybridized carbons (Fsp3) is 0.250. The van der Waals surface area contributed by atoms with Crippen molar-refractivity contribution in [3.8, 4) is 0 Å². The van der Waals surface area contributed by atoms with Gasteiger partial charge in [0.25, 0.3) is 5.70 Å². The van der Waals surface area contributed by atoms with Crippen molar-refractivity contribution in [3.63, 3.8) is 0 Å². The van der Waals surface area contributed by atoms with Gasteiger partial charge in [-0.1, -0.05) is 30.3 Å². The molecule has 1 aliphatic rings. The van der Waals surface area contributed by atoms with E-state index in [9.17, 15) is 29.9 Å². The van der Waals surface area contributed by atoms with E-state index >= 15 is 0 Å². The summed E-state index contributed by atoms with van der Waals surface area (Å²) in [4.78, 5) is 36.1. The Morgan fingerprint density at radius 3 is 2.29 bits per heavy atom. The summed E-state index contributed by atoms with van der Waals surface area (Å²) in [5.74, 6) is -3.98. The molecule has 2 N–H and O–H groups in total. The van der Waals surface area contributed by atoms with Crippen molar-refractivity contribution >= 4 is 11.8 Å². The average Bonchev–Trinajstić information content (AvgIpc) is 2.54. The number of hydrogen-bond acceptors (Lipinski definition) is 6. The third-order valence-electron chi connectivity index (χ3n) is 3.78. The van der Waals surface area contributed by atoms with Crippen LogP contribution in [-0.4, -0.2) is 51.5 Å². The lowest BCUT2D eigenvalue weighted by molar-refractivity contribution is -0.423. The normalized spacial score (nSPS) is 23.0. The second-order valence-corrected chi connectivity index (χ2v) is 5.57. The summed E-state index contributed by atoms with van der Waals surface area (Å²) in [6, 6.07) is 7.73. The maximum Gasteiger partial charge on any atom is 0.340 e. The van der Waals surface area contributed by atoms with Crippen molar-refractivity contribution in [1.29, 1.82) is 0 Å². The monoisotopic (exact) mass is 332 g/mol. The Bertz CT molecular complexity index is 753. The van der Waals surface area contributed by atoms with Crippen LogP contribution in [0.5, 0.6) is 0 Å². The number of likely N-dealkylation sites (N-methyl/N-ethyl adjacent to an activating group) is 1. The van der Waals surface area contributed by atoms with Crippen LogP contribution >= 0.6 is 0 Å². The van der Waals surface area contributed by atoms with Gasteiger partial charge in [0.1, 0.15) is 5.70 Å². The molecule has 0 aliphatic heterocycles. The largest absolute Gasteiger partial charge is 0.479 e. The SMILES string of the molecule is CN(C)C1=CC(O)(C(=O)O)C(C(=O)c2ccccc2)C=C1[N+](=O)[O-]. The lowest BCUT2D eigenvalue weighted by atomic mass is 9.77. The number of nitrogens with zero attached hydrogens (tertiary/aromatic N) is 2. The molecule has 2 rings (SSSR count). The maximum absolute atomic E-state index is 12.6.